The van der Waals surface area contributed by atoms with Gasteiger partial charge in [-0.15, -0.1) is 0 Å². The summed E-state index contributed by atoms with van der Waals surface area (Å²) in [5, 5.41) is 20.6. The number of amides is 1. The van der Waals surface area contributed by atoms with Crippen LogP contribution >= 0.6 is 11.6 Å². The summed E-state index contributed by atoms with van der Waals surface area (Å²) >= 11 is 5.82. The smallest absolute Gasteiger partial charge is 0.253 e. The molecule has 0 aromatic heterocycles. The highest BCUT2D eigenvalue weighted by molar-refractivity contribution is 6.33. The number of phenolic OH excluding ortho intramolecular Hbond substituents is 1. The number of aromatic hydroxyl groups is 1. The number of benzene rings is 1. The zero-order valence-corrected chi connectivity index (χ0v) is 9.91. The lowest BCUT2D eigenvalue weighted by Crippen LogP contribution is -2.27. The van der Waals surface area contributed by atoms with E-state index in [9.17, 15) is 9.90 Å². The first-order chi connectivity index (χ1) is 8.15. The Morgan fingerprint density at radius 3 is 2.88 bits per heavy atom. The Balaban J connectivity index is 2.44. The van der Waals surface area contributed by atoms with Gasteiger partial charge in [0.2, 0.25) is 0 Å². The van der Waals surface area contributed by atoms with E-state index in [1.165, 1.54) is 18.2 Å². The SMILES string of the molecule is O=C(NCCOCCO)c1cc(O)ccc1Cl. The first kappa shape index (κ1) is 13.8. The summed E-state index contributed by atoms with van der Waals surface area (Å²) in [6.07, 6.45) is 0. The van der Waals surface area contributed by atoms with Crippen LogP contribution in [0.5, 0.6) is 5.75 Å². The molecule has 0 radical (unpaired) electrons. The van der Waals surface area contributed by atoms with E-state index in [-0.39, 0.29) is 35.5 Å². The van der Waals surface area contributed by atoms with Crippen LogP contribution in [-0.2, 0) is 4.74 Å². The summed E-state index contributed by atoms with van der Waals surface area (Å²) in [6.45, 7) is 0.808. The Hall–Kier alpha value is -1.30. The molecule has 0 atom stereocenters. The van der Waals surface area contributed by atoms with E-state index in [4.69, 9.17) is 21.4 Å². The third-order valence-electron chi connectivity index (χ3n) is 1.96. The Morgan fingerprint density at radius 1 is 1.41 bits per heavy atom. The lowest BCUT2D eigenvalue weighted by Gasteiger charge is -2.07. The second-order valence-electron chi connectivity index (χ2n) is 3.26. The summed E-state index contributed by atoms with van der Waals surface area (Å²) in [4.78, 5) is 11.6. The monoisotopic (exact) mass is 259 g/mol. The molecule has 17 heavy (non-hydrogen) atoms. The number of hydrogen-bond donors (Lipinski definition) is 3. The molecule has 0 unspecified atom stereocenters. The van der Waals surface area contributed by atoms with Gasteiger partial charge < -0.3 is 20.3 Å². The van der Waals surface area contributed by atoms with Crippen LogP contribution in [0.4, 0.5) is 0 Å². The second-order valence-corrected chi connectivity index (χ2v) is 3.66. The molecule has 5 nitrogen and oxygen atoms in total. The fraction of sp³-hybridized carbons (Fsp3) is 0.364. The predicted molar refractivity (Wildman–Crippen MR) is 63.4 cm³/mol. The number of aliphatic hydroxyl groups excluding tert-OH is 1. The van der Waals surface area contributed by atoms with Gasteiger partial charge >= 0.3 is 0 Å². The van der Waals surface area contributed by atoms with E-state index in [0.717, 1.165) is 0 Å². The number of aliphatic hydroxyl groups is 1. The lowest BCUT2D eigenvalue weighted by atomic mass is 10.2. The number of halogens is 1. The van der Waals surface area contributed by atoms with Crippen molar-refractivity contribution in [3.05, 3.63) is 28.8 Å². The summed E-state index contributed by atoms with van der Waals surface area (Å²) in [5.74, 6) is -0.394. The maximum Gasteiger partial charge on any atom is 0.253 e. The van der Waals surface area contributed by atoms with Crippen molar-refractivity contribution in [1.82, 2.24) is 5.32 Å². The molecule has 0 aliphatic carbocycles. The van der Waals surface area contributed by atoms with Gasteiger partial charge in [0.05, 0.1) is 30.4 Å². The molecule has 0 saturated carbocycles. The standard InChI is InChI=1S/C11H14ClNO4/c12-10-2-1-8(15)7-9(10)11(16)13-3-5-17-6-4-14/h1-2,7,14-15H,3-6H2,(H,13,16). The van der Waals surface area contributed by atoms with Crippen LogP contribution in [0, 0.1) is 0 Å². The minimum atomic E-state index is -0.376. The van der Waals surface area contributed by atoms with Crippen molar-refractivity contribution in [2.24, 2.45) is 0 Å². The number of carbonyl (C=O) groups is 1. The van der Waals surface area contributed by atoms with Crippen molar-refractivity contribution < 1.29 is 19.7 Å². The van der Waals surface area contributed by atoms with Crippen molar-refractivity contribution >= 4 is 17.5 Å². The molecule has 1 aromatic carbocycles. The van der Waals surface area contributed by atoms with Gasteiger partial charge in [0.1, 0.15) is 5.75 Å². The predicted octanol–water partition coefficient (Wildman–Crippen LogP) is 0.784. The molecule has 0 fully saturated rings. The van der Waals surface area contributed by atoms with Crippen LogP contribution in [0.25, 0.3) is 0 Å². The maximum absolute atomic E-state index is 11.6. The molecule has 0 bridgehead atoms. The van der Waals surface area contributed by atoms with Crippen molar-refractivity contribution in [3.63, 3.8) is 0 Å². The van der Waals surface area contributed by atoms with Crippen molar-refractivity contribution in [1.29, 1.82) is 0 Å². The molecule has 0 heterocycles. The van der Waals surface area contributed by atoms with Gasteiger partial charge in [-0.05, 0) is 18.2 Å². The van der Waals surface area contributed by atoms with Crippen molar-refractivity contribution in [3.8, 4) is 5.75 Å². The third kappa shape index (κ3) is 4.60. The quantitative estimate of drug-likeness (QED) is 0.660. The first-order valence-corrected chi connectivity index (χ1v) is 5.48. The third-order valence-corrected chi connectivity index (χ3v) is 2.29. The van der Waals surface area contributed by atoms with Gasteiger partial charge in [0, 0.05) is 6.54 Å². The number of hydrogen-bond acceptors (Lipinski definition) is 4. The highest BCUT2D eigenvalue weighted by atomic mass is 35.5. The molecule has 0 aliphatic rings. The van der Waals surface area contributed by atoms with Gasteiger partial charge in [-0.3, -0.25) is 4.79 Å². The fourth-order valence-electron chi connectivity index (χ4n) is 1.19. The van der Waals surface area contributed by atoms with Crippen molar-refractivity contribution in [2.45, 2.75) is 0 Å². The Labute approximate surface area is 104 Å². The summed E-state index contributed by atoms with van der Waals surface area (Å²) in [7, 11) is 0. The van der Waals surface area contributed by atoms with Crippen LogP contribution in [0.15, 0.2) is 18.2 Å². The summed E-state index contributed by atoms with van der Waals surface area (Å²) < 4.78 is 4.98. The molecular formula is C11H14ClNO4. The van der Waals surface area contributed by atoms with E-state index < -0.39 is 0 Å². The Kier molecular flexibility index (Phi) is 5.76. The largest absolute Gasteiger partial charge is 0.508 e. The molecule has 0 spiro atoms. The molecule has 3 N–H and O–H groups in total. The summed E-state index contributed by atoms with van der Waals surface area (Å²) in [6, 6.07) is 4.16. The number of carbonyl (C=O) groups excluding carboxylic acids is 1. The molecule has 0 saturated heterocycles. The minimum Gasteiger partial charge on any atom is -0.508 e. The maximum atomic E-state index is 11.6. The van der Waals surface area contributed by atoms with Gasteiger partial charge in [0.25, 0.3) is 5.91 Å². The molecule has 1 rings (SSSR count). The van der Waals surface area contributed by atoms with Crippen LogP contribution < -0.4 is 5.32 Å². The first-order valence-electron chi connectivity index (χ1n) is 5.10. The van der Waals surface area contributed by atoms with Crippen LogP contribution in [-0.4, -0.2) is 42.5 Å². The molecule has 1 aromatic rings. The zero-order chi connectivity index (χ0) is 12.7. The van der Waals surface area contributed by atoms with E-state index in [0.29, 0.717) is 13.2 Å². The van der Waals surface area contributed by atoms with Crippen LogP contribution in [0.1, 0.15) is 10.4 Å². The number of nitrogens with one attached hydrogen (secondary N) is 1. The highest BCUT2D eigenvalue weighted by Crippen LogP contribution is 2.20. The Bertz CT molecular complexity index is 384. The van der Waals surface area contributed by atoms with Crippen LogP contribution in [0.2, 0.25) is 5.02 Å². The lowest BCUT2D eigenvalue weighted by molar-refractivity contribution is 0.0838. The normalized spacial score (nSPS) is 10.2. The van der Waals surface area contributed by atoms with Crippen molar-refractivity contribution in [2.75, 3.05) is 26.4 Å². The molecule has 0 aliphatic heterocycles. The van der Waals surface area contributed by atoms with E-state index in [1.807, 2.05) is 0 Å². The van der Waals surface area contributed by atoms with Crippen LogP contribution in [0.3, 0.4) is 0 Å². The van der Waals surface area contributed by atoms with E-state index in [2.05, 4.69) is 5.32 Å². The van der Waals surface area contributed by atoms with E-state index in [1.54, 1.807) is 0 Å². The topological polar surface area (TPSA) is 78.8 Å². The van der Waals surface area contributed by atoms with Gasteiger partial charge in [-0.1, -0.05) is 11.6 Å². The number of rotatable bonds is 6. The molecule has 6 heteroatoms. The minimum absolute atomic E-state index is 0.0175. The van der Waals surface area contributed by atoms with E-state index >= 15 is 0 Å². The number of ether oxygens (including phenoxy) is 1. The fourth-order valence-corrected chi connectivity index (χ4v) is 1.39. The highest BCUT2D eigenvalue weighted by Gasteiger charge is 2.10. The zero-order valence-electron chi connectivity index (χ0n) is 9.15. The second kappa shape index (κ2) is 7.11. The Morgan fingerprint density at radius 2 is 2.18 bits per heavy atom. The van der Waals surface area contributed by atoms with Gasteiger partial charge in [-0.2, -0.15) is 0 Å². The van der Waals surface area contributed by atoms with Gasteiger partial charge in [0.15, 0.2) is 0 Å². The molecule has 94 valence electrons. The average Bonchev–Trinajstić information content (AvgIpc) is 2.32. The summed E-state index contributed by atoms with van der Waals surface area (Å²) in [5.41, 5.74) is 0.217. The van der Waals surface area contributed by atoms with Gasteiger partial charge in [-0.25, -0.2) is 0 Å². The molecular weight excluding hydrogens is 246 g/mol. The average molecular weight is 260 g/mol. The molecule has 1 amide bonds. The number of phenols is 1.